The highest BCUT2D eigenvalue weighted by molar-refractivity contribution is 7.91. The van der Waals surface area contributed by atoms with Crippen LogP contribution in [-0.2, 0) is 21.1 Å². The molecule has 2 rings (SSSR count). The van der Waals surface area contributed by atoms with Crippen molar-refractivity contribution in [2.45, 2.75) is 25.3 Å². The highest BCUT2D eigenvalue weighted by Gasteiger charge is 2.32. The first kappa shape index (κ1) is 14.8. The molecule has 1 fully saturated rings. The van der Waals surface area contributed by atoms with Gasteiger partial charge in [-0.3, -0.25) is 4.79 Å². The number of benzene rings is 1. The van der Waals surface area contributed by atoms with Gasteiger partial charge in [0.05, 0.1) is 11.5 Å². The predicted octanol–water partition coefficient (Wildman–Crippen LogP) is 0.847. The van der Waals surface area contributed by atoms with Crippen molar-refractivity contribution in [2.75, 3.05) is 24.3 Å². The summed E-state index contributed by atoms with van der Waals surface area (Å²) in [5, 5.41) is 0. The molecule has 0 saturated carbocycles. The lowest BCUT2D eigenvalue weighted by Gasteiger charge is -2.23. The minimum absolute atomic E-state index is 0.0321. The zero-order valence-electron chi connectivity index (χ0n) is 11.6. The van der Waals surface area contributed by atoms with Crippen molar-refractivity contribution < 1.29 is 13.2 Å². The number of amides is 1. The van der Waals surface area contributed by atoms with Crippen LogP contribution in [-0.4, -0.2) is 43.8 Å². The first-order valence-corrected chi connectivity index (χ1v) is 8.50. The fourth-order valence-electron chi connectivity index (χ4n) is 2.46. The molecule has 1 unspecified atom stereocenters. The summed E-state index contributed by atoms with van der Waals surface area (Å²) in [5.41, 5.74) is 7.47. The maximum atomic E-state index is 12.1. The molecule has 1 heterocycles. The maximum absolute atomic E-state index is 12.1. The lowest BCUT2D eigenvalue weighted by atomic mass is 10.1. The van der Waals surface area contributed by atoms with Gasteiger partial charge in [-0.15, -0.1) is 0 Å². The fourth-order valence-corrected chi connectivity index (χ4v) is 4.24. The summed E-state index contributed by atoms with van der Waals surface area (Å²) >= 11 is 0. The molecule has 0 bridgehead atoms. The van der Waals surface area contributed by atoms with E-state index in [4.69, 9.17) is 5.73 Å². The van der Waals surface area contributed by atoms with E-state index in [2.05, 4.69) is 0 Å². The Labute approximate surface area is 119 Å². The Morgan fingerprint density at radius 3 is 2.70 bits per heavy atom. The molecule has 6 heteroatoms. The molecule has 20 heavy (non-hydrogen) atoms. The van der Waals surface area contributed by atoms with E-state index in [1.54, 1.807) is 11.9 Å². The number of aryl methyl sites for hydroxylation is 1. The van der Waals surface area contributed by atoms with Crippen molar-refractivity contribution in [3.8, 4) is 0 Å². The van der Waals surface area contributed by atoms with E-state index >= 15 is 0 Å². The number of nitrogens with zero attached hydrogens (tertiary/aromatic N) is 1. The smallest absolute Gasteiger partial charge is 0.222 e. The molecule has 1 aromatic carbocycles. The normalized spacial score (nSPS) is 20.8. The number of carbonyl (C=O) groups excluding carboxylic acids is 1. The van der Waals surface area contributed by atoms with Crippen molar-refractivity contribution in [3.63, 3.8) is 0 Å². The number of hydrogen-bond donors (Lipinski definition) is 1. The molecule has 0 aliphatic carbocycles. The van der Waals surface area contributed by atoms with E-state index < -0.39 is 9.84 Å². The summed E-state index contributed by atoms with van der Waals surface area (Å²) in [6.07, 6.45) is 1.47. The number of anilines is 1. The summed E-state index contributed by atoms with van der Waals surface area (Å²) in [7, 11) is -1.28. The number of hydrogen-bond acceptors (Lipinski definition) is 4. The summed E-state index contributed by atoms with van der Waals surface area (Å²) < 4.78 is 22.9. The van der Waals surface area contributed by atoms with Crippen LogP contribution in [0.5, 0.6) is 0 Å². The molecule has 1 aromatic rings. The number of nitrogens with two attached hydrogens (primary N) is 1. The van der Waals surface area contributed by atoms with Crippen LogP contribution in [0.25, 0.3) is 0 Å². The molecule has 0 aromatic heterocycles. The number of sulfone groups is 1. The van der Waals surface area contributed by atoms with Crippen molar-refractivity contribution in [1.82, 2.24) is 4.90 Å². The molecule has 110 valence electrons. The van der Waals surface area contributed by atoms with Crippen LogP contribution < -0.4 is 5.73 Å². The molecule has 1 aliphatic rings. The molecular formula is C14H20N2O3S. The standard InChI is InChI=1S/C14H20N2O3S/c1-16(12-8-9-20(18,19)10-12)14(17)7-6-11-4-2-3-5-13(11)15/h2-5,12H,6-10,15H2,1H3. The first-order chi connectivity index (χ1) is 9.39. The Balaban J connectivity index is 1.91. The third-order valence-corrected chi connectivity index (χ3v) is 5.56. The molecule has 1 atom stereocenters. The number of carbonyl (C=O) groups is 1. The number of nitrogen functional groups attached to an aromatic ring is 1. The van der Waals surface area contributed by atoms with Crippen LogP contribution in [0.4, 0.5) is 5.69 Å². The monoisotopic (exact) mass is 296 g/mol. The minimum Gasteiger partial charge on any atom is -0.399 e. The van der Waals surface area contributed by atoms with Crippen molar-refractivity contribution in [3.05, 3.63) is 29.8 Å². The van der Waals surface area contributed by atoms with E-state index in [1.165, 1.54) is 0 Å². The quantitative estimate of drug-likeness (QED) is 0.835. The summed E-state index contributed by atoms with van der Waals surface area (Å²) in [5.74, 6) is 0.235. The van der Waals surface area contributed by atoms with E-state index in [9.17, 15) is 13.2 Å². The van der Waals surface area contributed by atoms with Gasteiger partial charge in [-0.25, -0.2) is 8.42 Å². The third kappa shape index (κ3) is 3.50. The Morgan fingerprint density at radius 1 is 1.40 bits per heavy atom. The van der Waals surface area contributed by atoms with Gasteiger partial charge < -0.3 is 10.6 Å². The van der Waals surface area contributed by atoms with Crippen LogP contribution in [0.1, 0.15) is 18.4 Å². The van der Waals surface area contributed by atoms with Crippen LogP contribution in [0.15, 0.2) is 24.3 Å². The molecular weight excluding hydrogens is 276 g/mol. The zero-order valence-corrected chi connectivity index (χ0v) is 12.4. The Hall–Kier alpha value is -1.56. The number of rotatable bonds is 4. The molecule has 0 spiro atoms. The van der Waals surface area contributed by atoms with Crippen LogP contribution in [0.2, 0.25) is 0 Å². The van der Waals surface area contributed by atoms with Crippen LogP contribution in [0.3, 0.4) is 0 Å². The second-order valence-corrected chi connectivity index (χ2v) is 7.49. The van der Waals surface area contributed by atoms with E-state index in [1.807, 2.05) is 24.3 Å². The highest BCUT2D eigenvalue weighted by atomic mass is 32.2. The predicted molar refractivity (Wildman–Crippen MR) is 79.0 cm³/mol. The Morgan fingerprint density at radius 2 is 2.10 bits per heavy atom. The average Bonchev–Trinajstić information content (AvgIpc) is 2.77. The second-order valence-electron chi connectivity index (χ2n) is 5.26. The lowest BCUT2D eigenvalue weighted by Crippen LogP contribution is -2.37. The van der Waals surface area contributed by atoms with Gasteiger partial charge in [0.2, 0.25) is 5.91 Å². The summed E-state index contributed by atoms with van der Waals surface area (Å²) in [4.78, 5) is 13.7. The van der Waals surface area contributed by atoms with E-state index in [-0.39, 0.29) is 23.5 Å². The number of para-hydroxylation sites is 1. The summed E-state index contributed by atoms with van der Waals surface area (Å²) in [6.45, 7) is 0. The fraction of sp³-hybridized carbons (Fsp3) is 0.500. The molecule has 1 amide bonds. The van der Waals surface area contributed by atoms with Crippen molar-refractivity contribution >= 4 is 21.4 Å². The van der Waals surface area contributed by atoms with Gasteiger partial charge in [0, 0.05) is 25.2 Å². The molecule has 1 aliphatic heterocycles. The highest BCUT2D eigenvalue weighted by Crippen LogP contribution is 2.18. The topological polar surface area (TPSA) is 80.5 Å². The largest absolute Gasteiger partial charge is 0.399 e. The second kappa shape index (κ2) is 5.83. The van der Waals surface area contributed by atoms with Crippen molar-refractivity contribution in [2.24, 2.45) is 0 Å². The SMILES string of the molecule is CN(C(=O)CCc1ccccc1N)C1CCS(=O)(=O)C1. The van der Waals surface area contributed by atoms with E-state index in [0.29, 0.717) is 24.9 Å². The maximum Gasteiger partial charge on any atom is 0.222 e. The van der Waals surface area contributed by atoms with Gasteiger partial charge in [0.15, 0.2) is 9.84 Å². The minimum atomic E-state index is -2.96. The van der Waals surface area contributed by atoms with Gasteiger partial charge in [-0.2, -0.15) is 0 Å². The van der Waals surface area contributed by atoms with E-state index in [0.717, 1.165) is 5.56 Å². The van der Waals surface area contributed by atoms with Gasteiger partial charge in [-0.1, -0.05) is 18.2 Å². The van der Waals surface area contributed by atoms with Crippen LogP contribution in [0, 0.1) is 0 Å². The molecule has 1 saturated heterocycles. The van der Waals surface area contributed by atoms with Crippen LogP contribution >= 0.6 is 0 Å². The average molecular weight is 296 g/mol. The molecule has 2 N–H and O–H groups in total. The Kier molecular flexibility index (Phi) is 4.32. The van der Waals surface area contributed by atoms with Crippen molar-refractivity contribution in [1.29, 1.82) is 0 Å². The first-order valence-electron chi connectivity index (χ1n) is 6.68. The van der Waals surface area contributed by atoms with Gasteiger partial charge in [-0.05, 0) is 24.5 Å². The van der Waals surface area contributed by atoms with Gasteiger partial charge in [0.1, 0.15) is 0 Å². The molecule has 0 radical (unpaired) electrons. The Bertz CT molecular complexity index is 598. The third-order valence-electron chi connectivity index (χ3n) is 3.81. The summed E-state index contributed by atoms with van der Waals surface area (Å²) in [6, 6.07) is 7.29. The zero-order chi connectivity index (χ0) is 14.8. The van der Waals surface area contributed by atoms with Gasteiger partial charge >= 0.3 is 0 Å². The van der Waals surface area contributed by atoms with Gasteiger partial charge in [0.25, 0.3) is 0 Å². The lowest BCUT2D eigenvalue weighted by molar-refractivity contribution is -0.131. The molecule has 5 nitrogen and oxygen atoms in total.